The Morgan fingerprint density at radius 1 is 0.926 bits per heavy atom. The molecule has 0 spiro atoms. The van der Waals surface area contributed by atoms with E-state index in [1.54, 1.807) is 24.3 Å². The molecule has 1 aliphatic heterocycles. The zero-order valence-corrected chi connectivity index (χ0v) is 15.2. The zero-order chi connectivity index (χ0) is 19.2. The average molecular weight is 380 g/mol. The van der Waals surface area contributed by atoms with Crippen molar-refractivity contribution in [3.8, 4) is 17.2 Å². The molecule has 0 aromatic heterocycles. The number of fused-ring (bicyclic) bond motifs is 2. The fraction of sp³-hybridized carbons (Fsp3) is 0.0476. The number of rotatable bonds is 2. The molecule has 0 bridgehead atoms. The maximum absolute atomic E-state index is 11.9. The third kappa shape index (κ3) is 2.99. The van der Waals surface area contributed by atoms with E-state index in [-0.39, 0.29) is 10.6 Å². The summed E-state index contributed by atoms with van der Waals surface area (Å²) in [6.07, 6.45) is 1.92. The molecule has 0 aliphatic carbocycles. The van der Waals surface area contributed by atoms with E-state index in [4.69, 9.17) is 4.74 Å². The van der Waals surface area contributed by atoms with Crippen molar-refractivity contribution >= 4 is 21.8 Å². The minimum absolute atomic E-state index is 0.0397. The molecule has 0 fully saturated rings. The van der Waals surface area contributed by atoms with Crippen LogP contribution >= 0.6 is 0 Å². The first kappa shape index (κ1) is 17.3. The van der Waals surface area contributed by atoms with Gasteiger partial charge in [0.25, 0.3) is 10.1 Å². The lowest BCUT2D eigenvalue weighted by molar-refractivity contribution is 0.449. The van der Waals surface area contributed by atoms with Crippen LogP contribution in [0.1, 0.15) is 18.1 Å². The van der Waals surface area contributed by atoms with Gasteiger partial charge in [-0.1, -0.05) is 30.3 Å². The molecule has 2 N–H and O–H groups in total. The topological polar surface area (TPSA) is 83.8 Å². The van der Waals surface area contributed by atoms with Gasteiger partial charge in [-0.3, -0.25) is 4.55 Å². The van der Waals surface area contributed by atoms with Crippen LogP contribution in [0.4, 0.5) is 0 Å². The minimum Gasteiger partial charge on any atom is -0.508 e. The maximum atomic E-state index is 11.9. The molecule has 3 aromatic carbocycles. The average Bonchev–Trinajstić information content (AvgIpc) is 2.64. The van der Waals surface area contributed by atoms with E-state index in [0.29, 0.717) is 33.4 Å². The predicted molar refractivity (Wildman–Crippen MR) is 102 cm³/mol. The van der Waals surface area contributed by atoms with Crippen molar-refractivity contribution < 1.29 is 22.8 Å². The SMILES string of the molecule is C/C=c1\ccc2c(c1)Oc1cc(O)ccc1C=2c1ccccc1S(=O)(=O)O. The van der Waals surface area contributed by atoms with Crippen molar-refractivity contribution in [2.24, 2.45) is 0 Å². The number of ether oxygens (including phenoxy) is 1. The van der Waals surface area contributed by atoms with Crippen LogP contribution in [0.25, 0.3) is 11.6 Å². The molecule has 0 radical (unpaired) electrons. The molecule has 4 rings (SSSR count). The van der Waals surface area contributed by atoms with E-state index >= 15 is 0 Å². The summed E-state index contributed by atoms with van der Waals surface area (Å²) in [4.78, 5) is -0.182. The predicted octanol–water partition coefficient (Wildman–Crippen LogP) is 2.79. The van der Waals surface area contributed by atoms with Crippen molar-refractivity contribution in [3.63, 3.8) is 0 Å². The molecule has 0 saturated carbocycles. The number of benzene rings is 3. The van der Waals surface area contributed by atoms with Crippen LogP contribution in [0.2, 0.25) is 0 Å². The molecule has 0 saturated heterocycles. The van der Waals surface area contributed by atoms with Gasteiger partial charge in [0.15, 0.2) is 0 Å². The lowest BCUT2D eigenvalue weighted by Gasteiger charge is -2.22. The van der Waals surface area contributed by atoms with E-state index in [1.165, 1.54) is 18.2 Å². The summed E-state index contributed by atoms with van der Waals surface area (Å²) < 4.78 is 39.6. The summed E-state index contributed by atoms with van der Waals surface area (Å²) in [5.41, 5.74) is 1.61. The van der Waals surface area contributed by atoms with Gasteiger partial charge in [-0.2, -0.15) is 8.42 Å². The van der Waals surface area contributed by atoms with Crippen LogP contribution < -0.4 is 15.2 Å². The van der Waals surface area contributed by atoms with Gasteiger partial charge in [0.2, 0.25) is 0 Å². The lowest BCUT2D eigenvalue weighted by atomic mass is 9.92. The molecule has 6 heteroatoms. The Morgan fingerprint density at radius 3 is 2.44 bits per heavy atom. The van der Waals surface area contributed by atoms with E-state index in [2.05, 4.69) is 0 Å². The monoisotopic (exact) mass is 380 g/mol. The van der Waals surface area contributed by atoms with Crippen molar-refractivity contribution in [1.29, 1.82) is 0 Å². The van der Waals surface area contributed by atoms with Crippen molar-refractivity contribution in [3.05, 3.63) is 82.2 Å². The van der Waals surface area contributed by atoms with E-state index in [0.717, 1.165) is 5.22 Å². The molecular weight excluding hydrogens is 364 g/mol. The lowest BCUT2D eigenvalue weighted by Crippen LogP contribution is -2.20. The molecular formula is C21H16O5S. The van der Waals surface area contributed by atoms with Gasteiger partial charge >= 0.3 is 0 Å². The Kier molecular flexibility index (Phi) is 4.02. The van der Waals surface area contributed by atoms with Crippen molar-refractivity contribution in [2.75, 3.05) is 0 Å². The van der Waals surface area contributed by atoms with Crippen molar-refractivity contribution in [1.82, 2.24) is 0 Å². The number of aromatic hydroxyl groups is 1. The Morgan fingerprint density at radius 2 is 1.70 bits per heavy atom. The summed E-state index contributed by atoms with van der Waals surface area (Å²) in [6, 6.07) is 16.5. The number of phenolic OH excluding ortho intramolecular Hbond substituents is 1. The van der Waals surface area contributed by atoms with Gasteiger partial charge < -0.3 is 9.84 Å². The molecule has 3 aromatic rings. The Labute approximate surface area is 156 Å². The first-order valence-electron chi connectivity index (χ1n) is 8.27. The highest BCUT2D eigenvalue weighted by molar-refractivity contribution is 7.86. The van der Waals surface area contributed by atoms with E-state index in [1.807, 2.05) is 31.2 Å². The third-order valence-corrected chi connectivity index (χ3v) is 5.41. The molecule has 1 aliphatic rings. The molecule has 27 heavy (non-hydrogen) atoms. The van der Waals surface area contributed by atoms with Crippen molar-refractivity contribution in [2.45, 2.75) is 11.8 Å². The van der Waals surface area contributed by atoms with Crippen LogP contribution in [-0.2, 0) is 10.1 Å². The van der Waals surface area contributed by atoms with Gasteiger partial charge in [-0.25, -0.2) is 0 Å². The van der Waals surface area contributed by atoms with Gasteiger partial charge in [0.05, 0.1) is 0 Å². The minimum atomic E-state index is -4.43. The first-order valence-corrected chi connectivity index (χ1v) is 9.71. The second-order valence-electron chi connectivity index (χ2n) is 6.17. The van der Waals surface area contributed by atoms with Crippen LogP contribution in [0, 0.1) is 0 Å². The smallest absolute Gasteiger partial charge is 0.295 e. The third-order valence-electron chi connectivity index (χ3n) is 4.50. The molecule has 0 atom stereocenters. The summed E-state index contributed by atoms with van der Waals surface area (Å²) in [7, 11) is -4.43. The van der Waals surface area contributed by atoms with E-state index < -0.39 is 10.1 Å². The largest absolute Gasteiger partial charge is 0.508 e. The quantitative estimate of drug-likeness (QED) is 0.523. The van der Waals surface area contributed by atoms with Crippen LogP contribution in [0.5, 0.6) is 17.2 Å². The fourth-order valence-electron chi connectivity index (χ4n) is 3.26. The normalized spacial score (nSPS) is 13.7. The van der Waals surface area contributed by atoms with Crippen LogP contribution in [-0.4, -0.2) is 18.1 Å². The Hall–Kier alpha value is -3.09. The summed E-state index contributed by atoms with van der Waals surface area (Å²) in [5.74, 6) is 0.998. The summed E-state index contributed by atoms with van der Waals surface area (Å²) in [5, 5.41) is 11.5. The van der Waals surface area contributed by atoms with Gasteiger partial charge in [-0.15, -0.1) is 0 Å². The Bertz CT molecular complexity index is 1290. The first-order chi connectivity index (χ1) is 12.9. The second kappa shape index (κ2) is 6.26. The summed E-state index contributed by atoms with van der Waals surface area (Å²) in [6.45, 7) is 1.91. The molecule has 1 heterocycles. The molecule has 5 nitrogen and oxygen atoms in total. The fourth-order valence-corrected chi connectivity index (χ4v) is 3.96. The highest BCUT2D eigenvalue weighted by Crippen LogP contribution is 2.39. The van der Waals surface area contributed by atoms with Crippen LogP contribution in [0.15, 0.2) is 65.6 Å². The number of hydrogen-bond donors (Lipinski definition) is 2. The summed E-state index contributed by atoms with van der Waals surface area (Å²) >= 11 is 0. The van der Waals surface area contributed by atoms with Gasteiger partial charge in [-0.05, 0) is 42.5 Å². The van der Waals surface area contributed by atoms with E-state index in [9.17, 15) is 18.1 Å². The van der Waals surface area contributed by atoms with Crippen LogP contribution in [0.3, 0.4) is 0 Å². The maximum Gasteiger partial charge on any atom is 0.295 e. The highest BCUT2D eigenvalue weighted by atomic mass is 32.2. The van der Waals surface area contributed by atoms with Gasteiger partial charge in [0, 0.05) is 28.0 Å². The molecule has 0 amide bonds. The standard InChI is InChI=1S/C21H16O5S/c1-2-13-7-9-15-18(11-13)26-19-12-14(22)8-10-16(19)21(15)17-5-3-4-6-20(17)27(23,24)25/h2-12,22H,1H3,(H,23,24,25)/b13-2+. The molecule has 0 unspecified atom stereocenters. The molecule has 136 valence electrons. The zero-order valence-electron chi connectivity index (χ0n) is 14.4. The number of hydrogen-bond acceptors (Lipinski definition) is 4. The van der Waals surface area contributed by atoms with Gasteiger partial charge in [0.1, 0.15) is 22.1 Å². The second-order valence-corrected chi connectivity index (χ2v) is 7.56. The Balaban J connectivity index is 2.18. The highest BCUT2D eigenvalue weighted by Gasteiger charge is 2.25. The number of phenols is 1.